The van der Waals surface area contributed by atoms with Gasteiger partial charge >= 0.3 is 12.1 Å². The van der Waals surface area contributed by atoms with Gasteiger partial charge in [0.05, 0.1) is 19.8 Å². The Morgan fingerprint density at radius 2 is 1.68 bits per heavy atom. The van der Waals surface area contributed by atoms with E-state index in [2.05, 4.69) is 28.5 Å². The molecule has 1 aliphatic heterocycles. The number of anilines is 1. The highest BCUT2D eigenvalue weighted by Gasteiger charge is 2.33. The van der Waals surface area contributed by atoms with Crippen molar-refractivity contribution in [1.29, 1.82) is 0 Å². The molecule has 0 saturated carbocycles. The highest BCUT2D eigenvalue weighted by atomic mass is 16.6. The number of carbonyl (C=O) groups is 4. The number of carbonyl (C=O) groups excluding carboxylic acids is 4. The lowest BCUT2D eigenvalue weighted by atomic mass is 9.97. The van der Waals surface area contributed by atoms with Crippen molar-refractivity contribution in [3.63, 3.8) is 0 Å². The van der Waals surface area contributed by atoms with Gasteiger partial charge in [0.2, 0.25) is 0 Å². The molecule has 1 aliphatic rings. The maximum atomic E-state index is 13.0. The van der Waals surface area contributed by atoms with Crippen LogP contribution in [0.5, 0.6) is 0 Å². The van der Waals surface area contributed by atoms with Crippen LogP contribution in [0.15, 0.2) is 67.0 Å². The topological polar surface area (TPSA) is 114 Å². The zero-order valence-electron chi connectivity index (χ0n) is 19.1. The lowest BCUT2D eigenvalue weighted by molar-refractivity contribution is -0.137. The zero-order chi connectivity index (χ0) is 25.0. The van der Waals surface area contributed by atoms with Crippen molar-refractivity contribution in [3.8, 4) is 11.1 Å². The summed E-state index contributed by atoms with van der Waals surface area (Å²) >= 11 is 0. The molecule has 3 rings (SSSR count). The van der Waals surface area contributed by atoms with E-state index < -0.39 is 18.0 Å². The fraction of sp³-hybridized carbons (Fsp3) is 0.200. The van der Waals surface area contributed by atoms with Crippen LogP contribution in [-0.4, -0.2) is 42.0 Å². The number of methoxy groups -OCH3 is 1. The van der Waals surface area contributed by atoms with E-state index in [9.17, 15) is 19.2 Å². The van der Waals surface area contributed by atoms with Crippen molar-refractivity contribution >= 4 is 29.6 Å². The van der Waals surface area contributed by atoms with Crippen molar-refractivity contribution in [1.82, 2.24) is 10.2 Å². The van der Waals surface area contributed by atoms with Gasteiger partial charge in [0.25, 0.3) is 11.8 Å². The number of amides is 3. The zero-order valence-corrected chi connectivity index (χ0v) is 19.1. The van der Waals surface area contributed by atoms with Crippen LogP contribution in [-0.2, 0) is 25.6 Å². The molecule has 176 valence electrons. The molecule has 0 radical (unpaired) electrons. The first-order valence-electron chi connectivity index (χ1n) is 10.4. The van der Waals surface area contributed by atoms with Gasteiger partial charge in [-0.15, -0.1) is 0 Å². The van der Waals surface area contributed by atoms with Crippen LogP contribution < -0.4 is 10.6 Å². The van der Waals surface area contributed by atoms with Crippen LogP contribution in [0, 0.1) is 0 Å². The third-order valence-electron chi connectivity index (χ3n) is 5.04. The van der Waals surface area contributed by atoms with Gasteiger partial charge < -0.3 is 14.8 Å². The van der Waals surface area contributed by atoms with Crippen molar-refractivity contribution in [3.05, 3.63) is 78.1 Å². The Bertz CT molecular complexity index is 1180. The summed E-state index contributed by atoms with van der Waals surface area (Å²) in [5.74, 6) is -1.91. The first kappa shape index (κ1) is 24.2. The smallest absolute Gasteiger partial charge is 0.411 e. The Morgan fingerprint density at radius 3 is 2.29 bits per heavy atom. The van der Waals surface area contributed by atoms with E-state index >= 15 is 0 Å². The number of esters is 1. The Balaban J connectivity index is 1.78. The van der Waals surface area contributed by atoms with Crippen molar-refractivity contribution in [2.24, 2.45) is 0 Å². The van der Waals surface area contributed by atoms with Crippen LogP contribution in [0.1, 0.15) is 29.8 Å². The molecule has 9 nitrogen and oxygen atoms in total. The molecule has 0 saturated heterocycles. The summed E-state index contributed by atoms with van der Waals surface area (Å²) in [6.07, 6.45) is -0.779. The predicted octanol–water partition coefficient (Wildman–Crippen LogP) is 3.58. The Morgan fingerprint density at radius 1 is 1.03 bits per heavy atom. The lowest BCUT2D eigenvalue weighted by Crippen LogP contribution is -2.36. The average Bonchev–Trinajstić information content (AvgIpc) is 3.14. The van der Waals surface area contributed by atoms with Crippen molar-refractivity contribution < 1.29 is 28.7 Å². The maximum Gasteiger partial charge on any atom is 0.411 e. The molecule has 2 aromatic carbocycles. The summed E-state index contributed by atoms with van der Waals surface area (Å²) < 4.78 is 9.58. The second-order valence-corrected chi connectivity index (χ2v) is 7.75. The van der Waals surface area contributed by atoms with E-state index in [1.807, 2.05) is 18.2 Å². The average molecular weight is 463 g/mol. The third-order valence-corrected chi connectivity index (χ3v) is 5.04. The minimum Gasteiger partial charge on any atom is -0.464 e. The summed E-state index contributed by atoms with van der Waals surface area (Å²) in [4.78, 5) is 50.0. The number of hydrogen-bond donors (Lipinski definition) is 2. The molecule has 0 bridgehead atoms. The molecule has 34 heavy (non-hydrogen) atoms. The Labute approximate surface area is 197 Å². The number of rotatable bonds is 7. The molecule has 0 spiro atoms. The first-order valence-corrected chi connectivity index (χ1v) is 10.4. The summed E-state index contributed by atoms with van der Waals surface area (Å²) in [7, 11) is 1.16. The van der Waals surface area contributed by atoms with Crippen LogP contribution in [0.2, 0.25) is 0 Å². The molecule has 2 N–H and O–H groups in total. The molecular formula is C25H25N3O6. The largest absolute Gasteiger partial charge is 0.464 e. The molecule has 1 heterocycles. The minimum atomic E-state index is -0.796. The van der Waals surface area contributed by atoms with Gasteiger partial charge in [0.1, 0.15) is 11.4 Å². The molecule has 0 fully saturated rings. The number of benzene rings is 2. The molecule has 2 aromatic rings. The number of nitrogens with zero attached hydrogens (tertiary/aromatic N) is 1. The predicted molar refractivity (Wildman–Crippen MR) is 125 cm³/mol. The Hall–Kier alpha value is -4.40. The number of nitrogens with one attached hydrogen (secondary N) is 2. The SMILES string of the molecule is C=C(NC(=O)C(=C)N1Cc2c(cccc2-c2ccc(NC(=O)OC(C)C)cc2)C1=O)C(=O)OC. The van der Waals surface area contributed by atoms with E-state index in [4.69, 9.17) is 4.74 Å². The molecule has 0 unspecified atom stereocenters. The standard InChI is InChI=1S/C25H25N3O6/c1-14(2)34-25(32)27-18-11-9-17(10-12-18)19-7-6-8-20-21(19)13-28(23(20)30)16(4)22(29)26-15(3)24(31)33-5/h6-12,14H,3-4,13H2,1-2,5H3,(H,26,29)(H,27,32). The summed E-state index contributed by atoms with van der Waals surface area (Å²) in [6, 6.07) is 12.4. The summed E-state index contributed by atoms with van der Waals surface area (Å²) in [5.41, 5.74) is 2.98. The van der Waals surface area contributed by atoms with Gasteiger partial charge in [0.15, 0.2) is 0 Å². The summed E-state index contributed by atoms with van der Waals surface area (Å²) in [6.45, 7) is 10.8. The fourth-order valence-electron chi connectivity index (χ4n) is 3.42. The van der Waals surface area contributed by atoms with Gasteiger partial charge in [-0.2, -0.15) is 0 Å². The van der Waals surface area contributed by atoms with Crippen LogP contribution in [0.25, 0.3) is 11.1 Å². The van der Waals surface area contributed by atoms with Gasteiger partial charge in [-0.1, -0.05) is 37.4 Å². The van der Waals surface area contributed by atoms with Gasteiger partial charge in [-0.05, 0) is 48.7 Å². The molecule has 3 amide bonds. The molecule has 0 aromatic heterocycles. The minimum absolute atomic E-state index is 0.125. The molecule has 9 heteroatoms. The van der Waals surface area contributed by atoms with Crippen LogP contribution >= 0.6 is 0 Å². The number of ether oxygens (including phenoxy) is 2. The van der Waals surface area contributed by atoms with E-state index in [0.29, 0.717) is 11.3 Å². The number of hydrogen-bond acceptors (Lipinski definition) is 6. The van der Waals surface area contributed by atoms with Crippen molar-refractivity contribution in [2.45, 2.75) is 26.5 Å². The van der Waals surface area contributed by atoms with Crippen LogP contribution in [0.4, 0.5) is 10.5 Å². The monoisotopic (exact) mass is 463 g/mol. The third kappa shape index (κ3) is 5.15. The molecule has 0 aliphatic carbocycles. The first-order chi connectivity index (χ1) is 16.1. The highest BCUT2D eigenvalue weighted by Crippen LogP contribution is 2.34. The van der Waals surface area contributed by atoms with E-state index in [1.165, 1.54) is 4.90 Å². The molecular weight excluding hydrogens is 438 g/mol. The lowest BCUT2D eigenvalue weighted by Gasteiger charge is -2.18. The number of fused-ring (bicyclic) bond motifs is 1. The second kappa shape index (κ2) is 10.0. The van der Waals surface area contributed by atoms with Crippen molar-refractivity contribution in [2.75, 3.05) is 12.4 Å². The van der Waals surface area contributed by atoms with Crippen LogP contribution in [0.3, 0.4) is 0 Å². The second-order valence-electron chi connectivity index (χ2n) is 7.75. The van der Waals surface area contributed by atoms with E-state index in [1.54, 1.807) is 38.1 Å². The van der Waals surface area contributed by atoms with Gasteiger partial charge in [-0.3, -0.25) is 19.8 Å². The Kier molecular flexibility index (Phi) is 7.15. The summed E-state index contributed by atoms with van der Waals surface area (Å²) in [5, 5.41) is 4.94. The highest BCUT2D eigenvalue weighted by molar-refractivity contribution is 6.07. The normalized spacial score (nSPS) is 12.1. The quantitative estimate of drug-likeness (QED) is 0.479. The van der Waals surface area contributed by atoms with Gasteiger partial charge in [0, 0.05) is 11.3 Å². The van der Waals surface area contributed by atoms with E-state index in [-0.39, 0.29) is 29.9 Å². The van der Waals surface area contributed by atoms with E-state index in [0.717, 1.165) is 23.8 Å². The molecule has 0 atom stereocenters. The maximum absolute atomic E-state index is 13.0. The van der Waals surface area contributed by atoms with Gasteiger partial charge in [-0.25, -0.2) is 9.59 Å². The fourth-order valence-corrected chi connectivity index (χ4v) is 3.42.